The van der Waals surface area contributed by atoms with Crippen molar-refractivity contribution in [1.82, 2.24) is 4.90 Å². The zero-order valence-corrected chi connectivity index (χ0v) is 8.58. The number of urea groups is 1. The number of benzene rings is 1. The van der Waals surface area contributed by atoms with Crippen LogP contribution in [-0.4, -0.2) is 23.5 Å². The molecule has 1 atom stereocenters. The number of halogens is 1. The third-order valence-corrected chi connectivity index (χ3v) is 2.43. The molecule has 3 nitrogen and oxygen atoms in total. The van der Waals surface area contributed by atoms with Crippen LogP contribution in [-0.2, 0) is 0 Å². The molecule has 0 spiro atoms. The van der Waals surface area contributed by atoms with E-state index in [0.29, 0.717) is 11.1 Å². The summed E-state index contributed by atoms with van der Waals surface area (Å²) in [5.41, 5.74) is 0.738. The fourth-order valence-corrected chi connectivity index (χ4v) is 1.47. The molecule has 1 aliphatic rings. The molecule has 1 aromatic carbocycles. The number of nitrogens with one attached hydrogen (secondary N) is 1. The summed E-state index contributed by atoms with van der Waals surface area (Å²) < 4.78 is 0. The molecule has 0 aromatic heterocycles. The van der Waals surface area contributed by atoms with E-state index in [9.17, 15) is 4.79 Å². The van der Waals surface area contributed by atoms with Crippen LogP contribution in [0.2, 0.25) is 5.02 Å². The molecular formula is C10H11ClN2O. The Labute approximate surface area is 87.7 Å². The summed E-state index contributed by atoms with van der Waals surface area (Å²) in [6.07, 6.45) is 0. The molecule has 0 radical (unpaired) electrons. The fraction of sp³-hybridized carbons (Fsp3) is 0.300. The second-order valence-corrected chi connectivity index (χ2v) is 3.88. The van der Waals surface area contributed by atoms with Crippen molar-refractivity contribution >= 4 is 23.3 Å². The first-order valence-electron chi connectivity index (χ1n) is 4.50. The number of hydrogen-bond donors (Lipinski definition) is 1. The predicted octanol–water partition coefficient (Wildman–Crippen LogP) is 2.58. The molecule has 1 heterocycles. The van der Waals surface area contributed by atoms with Gasteiger partial charge < -0.3 is 10.2 Å². The SMILES string of the molecule is C[C@@H]1CN1C(=O)Nc1cccc(Cl)c1. The first kappa shape index (κ1) is 9.34. The Morgan fingerprint density at radius 3 is 2.93 bits per heavy atom. The topological polar surface area (TPSA) is 32.1 Å². The maximum Gasteiger partial charge on any atom is 0.322 e. The quantitative estimate of drug-likeness (QED) is 0.710. The van der Waals surface area contributed by atoms with Gasteiger partial charge in [-0.1, -0.05) is 17.7 Å². The number of rotatable bonds is 1. The van der Waals surface area contributed by atoms with Crippen molar-refractivity contribution in [3.8, 4) is 0 Å². The predicted molar refractivity (Wildman–Crippen MR) is 56.6 cm³/mol. The van der Waals surface area contributed by atoms with E-state index in [1.165, 1.54) is 0 Å². The van der Waals surface area contributed by atoms with E-state index in [2.05, 4.69) is 5.32 Å². The molecule has 2 rings (SSSR count). The van der Waals surface area contributed by atoms with Crippen LogP contribution in [0.5, 0.6) is 0 Å². The normalized spacial score (nSPS) is 19.3. The van der Waals surface area contributed by atoms with E-state index in [4.69, 9.17) is 11.6 Å². The Hall–Kier alpha value is -1.22. The Bertz CT molecular complexity index is 367. The van der Waals surface area contributed by atoms with E-state index in [-0.39, 0.29) is 6.03 Å². The van der Waals surface area contributed by atoms with Gasteiger partial charge in [0.2, 0.25) is 0 Å². The third kappa shape index (κ3) is 1.99. The van der Waals surface area contributed by atoms with E-state index in [1.54, 1.807) is 17.0 Å². The summed E-state index contributed by atoms with van der Waals surface area (Å²) in [6, 6.07) is 7.45. The van der Waals surface area contributed by atoms with E-state index >= 15 is 0 Å². The lowest BCUT2D eigenvalue weighted by Gasteiger charge is -2.06. The third-order valence-electron chi connectivity index (χ3n) is 2.20. The molecule has 0 saturated carbocycles. The number of carbonyl (C=O) groups excluding carboxylic acids is 1. The van der Waals surface area contributed by atoms with Crippen molar-refractivity contribution in [2.24, 2.45) is 0 Å². The van der Waals surface area contributed by atoms with Gasteiger partial charge in [0.1, 0.15) is 0 Å². The van der Waals surface area contributed by atoms with Crippen LogP contribution >= 0.6 is 11.6 Å². The van der Waals surface area contributed by atoms with E-state index in [0.717, 1.165) is 12.2 Å². The number of hydrogen-bond acceptors (Lipinski definition) is 1. The molecule has 0 bridgehead atoms. The molecule has 1 aromatic rings. The van der Waals surface area contributed by atoms with Gasteiger partial charge in [0, 0.05) is 23.3 Å². The highest BCUT2D eigenvalue weighted by Crippen LogP contribution is 2.20. The summed E-state index contributed by atoms with van der Waals surface area (Å²) in [5, 5.41) is 3.40. The summed E-state index contributed by atoms with van der Waals surface area (Å²) in [4.78, 5) is 13.2. The van der Waals surface area contributed by atoms with Crippen LogP contribution in [0.25, 0.3) is 0 Å². The van der Waals surface area contributed by atoms with Gasteiger partial charge in [-0.3, -0.25) is 0 Å². The van der Waals surface area contributed by atoms with Gasteiger partial charge in [-0.2, -0.15) is 0 Å². The summed E-state index contributed by atoms with van der Waals surface area (Å²) >= 11 is 5.79. The van der Waals surface area contributed by atoms with Gasteiger partial charge in [-0.25, -0.2) is 4.79 Å². The molecule has 14 heavy (non-hydrogen) atoms. The highest BCUT2D eigenvalue weighted by atomic mass is 35.5. The molecule has 0 aliphatic carbocycles. The van der Waals surface area contributed by atoms with E-state index < -0.39 is 0 Å². The number of carbonyl (C=O) groups is 1. The molecular weight excluding hydrogens is 200 g/mol. The van der Waals surface area contributed by atoms with Gasteiger partial charge in [0.15, 0.2) is 0 Å². The Morgan fingerprint density at radius 1 is 1.64 bits per heavy atom. The Kier molecular flexibility index (Phi) is 2.33. The van der Waals surface area contributed by atoms with Crippen molar-refractivity contribution in [1.29, 1.82) is 0 Å². The van der Waals surface area contributed by atoms with Gasteiger partial charge in [-0.15, -0.1) is 0 Å². The highest BCUT2D eigenvalue weighted by molar-refractivity contribution is 6.30. The van der Waals surface area contributed by atoms with Crippen LogP contribution in [0.4, 0.5) is 10.5 Å². The minimum Gasteiger partial charge on any atom is -0.318 e. The van der Waals surface area contributed by atoms with Crippen LogP contribution < -0.4 is 5.32 Å². The van der Waals surface area contributed by atoms with Crippen LogP contribution in [0.1, 0.15) is 6.92 Å². The first-order valence-corrected chi connectivity index (χ1v) is 4.88. The average Bonchev–Trinajstić information content (AvgIpc) is 2.82. The second kappa shape index (κ2) is 3.50. The standard InChI is InChI=1S/C10H11ClN2O/c1-7-6-13(7)10(14)12-9-4-2-3-8(11)5-9/h2-5,7H,6H2,1H3,(H,12,14)/t7-,13?/m1/s1. The number of amides is 2. The second-order valence-electron chi connectivity index (χ2n) is 3.44. The minimum atomic E-state index is -0.0558. The number of nitrogens with zero attached hydrogens (tertiary/aromatic N) is 1. The fourth-order valence-electron chi connectivity index (χ4n) is 1.28. The first-order chi connectivity index (χ1) is 6.66. The average molecular weight is 211 g/mol. The van der Waals surface area contributed by atoms with Gasteiger partial charge in [-0.05, 0) is 25.1 Å². The van der Waals surface area contributed by atoms with Crippen LogP contribution in [0, 0.1) is 0 Å². The molecule has 1 aliphatic heterocycles. The van der Waals surface area contributed by atoms with Crippen molar-refractivity contribution in [2.75, 3.05) is 11.9 Å². The van der Waals surface area contributed by atoms with Crippen LogP contribution in [0.15, 0.2) is 24.3 Å². The van der Waals surface area contributed by atoms with Crippen molar-refractivity contribution in [2.45, 2.75) is 13.0 Å². The van der Waals surface area contributed by atoms with Gasteiger partial charge >= 0.3 is 6.03 Å². The van der Waals surface area contributed by atoms with Crippen molar-refractivity contribution in [3.63, 3.8) is 0 Å². The van der Waals surface area contributed by atoms with Crippen molar-refractivity contribution in [3.05, 3.63) is 29.3 Å². The summed E-state index contributed by atoms with van der Waals surface area (Å²) in [5.74, 6) is 0. The lowest BCUT2D eigenvalue weighted by Crippen LogP contribution is -2.19. The van der Waals surface area contributed by atoms with Gasteiger partial charge in [0.05, 0.1) is 0 Å². The van der Waals surface area contributed by atoms with E-state index in [1.807, 2.05) is 19.1 Å². The lowest BCUT2D eigenvalue weighted by molar-refractivity contribution is 0.240. The largest absolute Gasteiger partial charge is 0.322 e. The van der Waals surface area contributed by atoms with Crippen molar-refractivity contribution < 1.29 is 4.79 Å². The molecule has 4 heteroatoms. The summed E-state index contributed by atoms with van der Waals surface area (Å²) in [7, 11) is 0. The maximum absolute atomic E-state index is 11.5. The van der Waals surface area contributed by atoms with Crippen LogP contribution in [0.3, 0.4) is 0 Å². The molecule has 74 valence electrons. The smallest absolute Gasteiger partial charge is 0.318 e. The molecule has 1 saturated heterocycles. The molecule has 0 unspecified atom stereocenters. The Balaban J connectivity index is 2.00. The molecule has 2 amide bonds. The molecule has 1 fully saturated rings. The lowest BCUT2D eigenvalue weighted by atomic mass is 10.3. The zero-order valence-electron chi connectivity index (χ0n) is 7.83. The summed E-state index contributed by atoms with van der Waals surface area (Å²) in [6.45, 7) is 2.85. The molecule has 1 N–H and O–H groups in total. The minimum absolute atomic E-state index is 0.0558. The highest BCUT2D eigenvalue weighted by Gasteiger charge is 2.33. The maximum atomic E-state index is 11.5. The number of anilines is 1. The Morgan fingerprint density at radius 2 is 2.36 bits per heavy atom. The monoisotopic (exact) mass is 210 g/mol. The van der Waals surface area contributed by atoms with Gasteiger partial charge in [0.25, 0.3) is 0 Å². The zero-order chi connectivity index (χ0) is 10.1.